The number of hydrogen-bond donors (Lipinski definition) is 1. The summed E-state index contributed by atoms with van der Waals surface area (Å²) in [6.07, 6.45) is 0. The Morgan fingerprint density at radius 3 is 2.56 bits per heavy atom. The van der Waals surface area contributed by atoms with Crippen molar-refractivity contribution in [2.75, 3.05) is 13.1 Å². The molecule has 1 aliphatic rings. The van der Waals surface area contributed by atoms with Gasteiger partial charge in [-0.25, -0.2) is 0 Å². The van der Waals surface area contributed by atoms with Gasteiger partial charge < -0.3 is 5.32 Å². The normalized spacial score (nSPS) is 31.9. The van der Waals surface area contributed by atoms with Gasteiger partial charge in [-0.05, 0) is 5.41 Å². The van der Waals surface area contributed by atoms with Crippen LogP contribution in [0.3, 0.4) is 0 Å². The van der Waals surface area contributed by atoms with Crippen molar-refractivity contribution in [3.05, 3.63) is 0 Å². The minimum Gasteiger partial charge on any atom is -0.315 e. The Morgan fingerprint density at radius 2 is 2.33 bits per heavy atom. The van der Waals surface area contributed by atoms with Crippen LogP contribution in [-0.2, 0) is 0 Å². The first-order valence-corrected chi connectivity index (χ1v) is 3.27. The van der Waals surface area contributed by atoms with E-state index in [1.807, 2.05) is 0 Å². The second-order valence-corrected chi connectivity index (χ2v) is 3.30. The summed E-state index contributed by atoms with van der Waals surface area (Å²) in [6.45, 7) is 6.09. The Hall–Kier alpha value is -0.550. The van der Waals surface area contributed by atoms with Gasteiger partial charge in [-0.1, -0.05) is 13.8 Å². The highest BCUT2D eigenvalue weighted by Gasteiger charge is 2.33. The van der Waals surface area contributed by atoms with Crippen LogP contribution in [-0.4, -0.2) is 13.1 Å². The third-order valence-corrected chi connectivity index (χ3v) is 2.03. The van der Waals surface area contributed by atoms with Crippen molar-refractivity contribution in [3.63, 3.8) is 0 Å². The molecule has 0 unspecified atom stereocenters. The molecule has 1 N–H and O–H groups in total. The van der Waals surface area contributed by atoms with Gasteiger partial charge in [-0.3, -0.25) is 0 Å². The molecule has 1 aliphatic heterocycles. The highest BCUT2D eigenvalue weighted by atomic mass is 14.9. The summed E-state index contributed by atoms with van der Waals surface area (Å²) in [5.41, 5.74) is 0.189. The van der Waals surface area contributed by atoms with E-state index in [-0.39, 0.29) is 11.3 Å². The maximum atomic E-state index is 8.61. The molecule has 1 saturated heterocycles. The molecular weight excluding hydrogens is 112 g/mol. The van der Waals surface area contributed by atoms with Gasteiger partial charge in [-0.15, -0.1) is 0 Å². The summed E-state index contributed by atoms with van der Waals surface area (Å²) < 4.78 is 0. The topological polar surface area (TPSA) is 35.8 Å². The fourth-order valence-corrected chi connectivity index (χ4v) is 1.16. The lowest BCUT2D eigenvalue weighted by atomic mass is 9.83. The van der Waals surface area contributed by atoms with E-state index in [1.54, 1.807) is 0 Å². The maximum absolute atomic E-state index is 8.61. The van der Waals surface area contributed by atoms with E-state index in [2.05, 4.69) is 25.2 Å². The predicted octanol–water partition coefficient (Wildman–Crippen LogP) is 0.756. The van der Waals surface area contributed by atoms with Crippen molar-refractivity contribution < 1.29 is 0 Å². The van der Waals surface area contributed by atoms with Gasteiger partial charge in [0.25, 0.3) is 0 Å². The fraction of sp³-hybridized carbons (Fsp3) is 0.857. The molecule has 0 spiro atoms. The van der Waals surface area contributed by atoms with Crippen LogP contribution in [0.25, 0.3) is 0 Å². The molecule has 2 nitrogen and oxygen atoms in total. The third kappa shape index (κ3) is 1.06. The zero-order valence-electron chi connectivity index (χ0n) is 5.94. The number of nitriles is 1. The van der Waals surface area contributed by atoms with Gasteiger partial charge in [-0.2, -0.15) is 5.26 Å². The Labute approximate surface area is 55.9 Å². The van der Waals surface area contributed by atoms with Crippen molar-refractivity contribution >= 4 is 0 Å². The summed E-state index contributed by atoms with van der Waals surface area (Å²) in [7, 11) is 0. The number of nitrogens with zero attached hydrogens (tertiary/aromatic N) is 1. The Morgan fingerprint density at radius 1 is 1.67 bits per heavy atom. The van der Waals surface area contributed by atoms with E-state index in [0.29, 0.717) is 0 Å². The Balaban J connectivity index is 2.65. The van der Waals surface area contributed by atoms with Crippen molar-refractivity contribution in [2.24, 2.45) is 11.3 Å². The molecule has 0 bridgehead atoms. The average Bonchev–Trinajstić information content (AvgIpc) is 2.08. The Kier molecular flexibility index (Phi) is 1.46. The molecule has 9 heavy (non-hydrogen) atoms. The van der Waals surface area contributed by atoms with E-state index in [0.717, 1.165) is 13.1 Å². The average molecular weight is 124 g/mol. The van der Waals surface area contributed by atoms with Crippen LogP contribution in [0.2, 0.25) is 0 Å². The number of nitrogens with one attached hydrogen (secondary N) is 1. The lowest BCUT2D eigenvalue weighted by molar-refractivity contribution is 0.347. The monoisotopic (exact) mass is 124 g/mol. The van der Waals surface area contributed by atoms with E-state index >= 15 is 0 Å². The van der Waals surface area contributed by atoms with Gasteiger partial charge in [0, 0.05) is 13.1 Å². The first-order chi connectivity index (χ1) is 4.17. The highest BCUT2D eigenvalue weighted by molar-refractivity contribution is 5.00. The maximum Gasteiger partial charge on any atom is 0.0675 e. The zero-order chi connectivity index (χ0) is 6.91. The van der Waals surface area contributed by atoms with Gasteiger partial charge >= 0.3 is 0 Å². The molecule has 0 amide bonds. The minimum atomic E-state index is 0.189. The van der Waals surface area contributed by atoms with E-state index in [4.69, 9.17) is 5.26 Å². The molecule has 1 heterocycles. The molecule has 0 aromatic rings. The second-order valence-electron chi connectivity index (χ2n) is 3.30. The molecule has 0 radical (unpaired) electrons. The first kappa shape index (κ1) is 6.57. The molecule has 1 atom stereocenters. The molecule has 0 aliphatic carbocycles. The van der Waals surface area contributed by atoms with E-state index in [1.165, 1.54) is 0 Å². The molecule has 0 aromatic carbocycles. The second kappa shape index (κ2) is 2.00. The SMILES string of the molecule is CC1(C)CNC[C@@H]1C#N. The number of hydrogen-bond acceptors (Lipinski definition) is 2. The number of rotatable bonds is 0. The summed E-state index contributed by atoms with van der Waals surface area (Å²) >= 11 is 0. The molecular formula is C7H12N2. The third-order valence-electron chi connectivity index (χ3n) is 2.03. The van der Waals surface area contributed by atoms with Crippen LogP contribution in [0, 0.1) is 22.7 Å². The van der Waals surface area contributed by atoms with Gasteiger partial charge in [0.05, 0.1) is 12.0 Å². The molecule has 1 fully saturated rings. The van der Waals surface area contributed by atoms with Crippen molar-refractivity contribution in [1.82, 2.24) is 5.32 Å². The summed E-state index contributed by atoms with van der Waals surface area (Å²) in [5, 5.41) is 11.8. The van der Waals surface area contributed by atoms with Crippen molar-refractivity contribution in [3.8, 4) is 6.07 Å². The van der Waals surface area contributed by atoms with Crippen LogP contribution in [0.1, 0.15) is 13.8 Å². The smallest absolute Gasteiger partial charge is 0.0675 e. The van der Waals surface area contributed by atoms with Gasteiger partial charge in [0.1, 0.15) is 0 Å². The fourth-order valence-electron chi connectivity index (χ4n) is 1.16. The largest absolute Gasteiger partial charge is 0.315 e. The van der Waals surface area contributed by atoms with E-state index in [9.17, 15) is 0 Å². The lowest BCUT2D eigenvalue weighted by Gasteiger charge is -2.18. The van der Waals surface area contributed by atoms with Crippen LogP contribution in [0.4, 0.5) is 0 Å². The van der Waals surface area contributed by atoms with Gasteiger partial charge in [0.15, 0.2) is 0 Å². The standard InChI is InChI=1S/C7H12N2/c1-7(2)5-9-4-6(7)3-8/h6,9H,4-5H2,1-2H3/t6-/m0/s1. The van der Waals surface area contributed by atoms with Crippen molar-refractivity contribution in [2.45, 2.75) is 13.8 Å². The van der Waals surface area contributed by atoms with E-state index < -0.39 is 0 Å². The molecule has 50 valence electrons. The molecule has 0 aromatic heterocycles. The van der Waals surface area contributed by atoms with Crippen LogP contribution in [0.15, 0.2) is 0 Å². The minimum absolute atomic E-state index is 0.189. The molecule has 2 heteroatoms. The first-order valence-electron chi connectivity index (χ1n) is 3.27. The molecule has 1 rings (SSSR count). The lowest BCUT2D eigenvalue weighted by Crippen LogP contribution is -2.20. The van der Waals surface area contributed by atoms with Crippen molar-refractivity contribution in [1.29, 1.82) is 5.26 Å². The van der Waals surface area contributed by atoms with Crippen LogP contribution < -0.4 is 5.32 Å². The predicted molar refractivity (Wildman–Crippen MR) is 35.8 cm³/mol. The molecule has 0 saturated carbocycles. The quantitative estimate of drug-likeness (QED) is 0.517. The van der Waals surface area contributed by atoms with Crippen LogP contribution in [0.5, 0.6) is 0 Å². The highest BCUT2D eigenvalue weighted by Crippen LogP contribution is 2.28. The van der Waals surface area contributed by atoms with Gasteiger partial charge in [0.2, 0.25) is 0 Å². The zero-order valence-corrected chi connectivity index (χ0v) is 5.94. The summed E-state index contributed by atoms with van der Waals surface area (Å²) in [6, 6.07) is 2.29. The summed E-state index contributed by atoms with van der Waals surface area (Å²) in [4.78, 5) is 0. The van der Waals surface area contributed by atoms with Crippen LogP contribution >= 0.6 is 0 Å². The Bertz CT molecular complexity index is 143. The summed E-state index contributed by atoms with van der Waals surface area (Å²) in [5.74, 6) is 0.206.